The van der Waals surface area contributed by atoms with Crippen LogP contribution in [0.5, 0.6) is 0 Å². The Kier molecular flexibility index (Phi) is 2.43. The number of hydrogen-bond donors (Lipinski definition) is 0. The van der Waals surface area contributed by atoms with Crippen LogP contribution >= 0.6 is 0 Å². The van der Waals surface area contributed by atoms with Crippen LogP contribution in [0, 0.1) is 0 Å². The first-order chi connectivity index (χ1) is 4.99. The predicted octanol–water partition coefficient (Wildman–Crippen LogP) is 0.635. The molecule has 0 aliphatic carbocycles. The molecule has 0 bridgehead atoms. The van der Waals surface area contributed by atoms with Crippen LogP contribution in [0.4, 0.5) is 8.37 Å². The summed E-state index contributed by atoms with van der Waals surface area (Å²) in [4.78, 5) is 0. The molecule has 11 heavy (non-hydrogen) atoms. The minimum absolute atomic E-state index is 0.209. The molecule has 1 aliphatic heterocycles. The first-order valence-electron chi connectivity index (χ1n) is 3.34. The largest absolute Gasteiger partial charge is 0.304 e. The highest BCUT2D eigenvalue weighted by Gasteiger charge is 2.29. The third-order valence-corrected chi connectivity index (χ3v) is 2.48. The molecule has 1 atom stereocenters. The van der Waals surface area contributed by atoms with Crippen LogP contribution < -0.4 is 0 Å². The van der Waals surface area contributed by atoms with Crippen molar-refractivity contribution < 1.29 is 16.8 Å². The van der Waals surface area contributed by atoms with Crippen LogP contribution in [0.25, 0.3) is 0 Å². The lowest BCUT2D eigenvalue weighted by Crippen LogP contribution is -2.27. The van der Waals surface area contributed by atoms with E-state index >= 15 is 0 Å². The van der Waals surface area contributed by atoms with Crippen LogP contribution in [0.3, 0.4) is 0 Å². The Bertz CT molecular complexity index is 229. The van der Waals surface area contributed by atoms with Crippen LogP contribution in [-0.2, 0) is 10.2 Å². The summed E-state index contributed by atoms with van der Waals surface area (Å²) in [7, 11) is -4.52. The summed E-state index contributed by atoms with van der Waals surface area (Å²) in [5.41, 5.74) is 0. The third kappa shape index (κ3) is 2.70. The van der Waals surface area contributed by atoms with Crippen LogP contribution in [0.15, 0.2) is 0 Å². The second-order valence-corrected chi connectivity index (χ2v) is 4.04. The zero-order chi connectivity index (χ0) is 8.48. The summed E-state index contributed by atoms with van der Waals surface area (Å²) in [6, 6.07) is -0.773. The van der Waals surface area contributed by atoms with E-state index in [1.165, 1.54) is 0 Å². The number of halogens is 2. The van der Waals surface area contributed by atoms with Crippen LogP contribution in [-0.4, -0.2) is 31.9 Å². The third-order valence-electron chi connectivity index (χ3n) is 1.70. The van der Waals surface area contributed by atoms with Gasteiger partial charge >= 0.3 is 10.2 Å². The molecule has 1 aliphatic rings. The molecular formula is C5H9F2NO2S. The summed E-state index contributed by atoms with van der Waals surface area (Å²) in [6.07, 6.45) is 1.01. The molecule has 0 radical (unpaired) electrons. The van der Waals surface area contributed by atoms with Gasteiger partial charge in [0, 0.05) is 6.54 Å². The maximum absolute atomic E-state index is 12.5. The van der Waals surface area contributed by atoms with Gasteiger partial charge in [-0.1, -0.05) is 0 Å². The molecule has 3 nitrogen and oxygen atoms in total. The molecule has 0 spiro atoms. The second-order valence-electron chi connectivity index (χ2n) is 2.62. The maximum Gasteiger partial charge on any atom is 0.304 e. The second kappa shape index (κ2) is 3.02. The highest BCUT2D eigenvalue weighted by atomic mass is 32.3. The van der Waals surface area contributed by atoms with Crippen molar-refractivity contribution in [1.29, 1.82) is 0 Å². The summed E-state index contributed by atoms with van der Waals surface area (Å²) in [5, 5.41) is 0.386. The van der Waals surface area contributed by atoms with E-state index in [4.69, 9.17) is 0 Å². The summed E-state index contributed by atoms with van der Waals surface area (Å²) < 4.78 is 44.7. The smallest absolute Gasteiger partial charge is 0.195 e. The average molecular weight is 185 g/mol. The van der Waals surface area contributed by atoms with Gasteiger partial charge in [0.2, 0.25) is 0 Å². The molecular weight excluding hydrogens is 176 g/mol. The van der Waals surface area contributed by atoms with E-state index in [1.54, 1.807) is 0 Å². The van der Waals surface area contributed by atoms with Gasteiger partial charge in [-0.15, -0.1) is 13.5 Å². The quantitative estimate of drug-likeness (QED) is 0.468. The van der Waals surface area contributed by atoms with Gasteiger partial charge in [-0.25, -0.2) is 0 Å². The Hall–Kier alpha value is -0.230. The number of rotatable bonds is 2. The molecule has 66 valence electrons. The van der Waals surface area contributed by atoms with E-state index in [9.17, 15) is 16.8 Å². The Morgan fingerprint density at radius 3 is 2.55 bits per heavy atom. The average Bonchev–Trinajstić information content (AvgIpc) is 2.12. The minimum Gasteiger partial charge on any atom is -0.195 e. The van der Waals surface area contributed by atoms with E-state index in [0.29, 0.717) is 18.0 Å². The Balaban J connectivity index is 2.50. The fraction of sp³-hybridized carbons (Fsp3) is 1.00. The Labute approximate surface area is 64.1 Å². The topological polar surface area (TPSA) is 37.4 Å². The number of hydrogen-bond acceptors (Lipinski definition) is 3. The van der Waals surface area contributed by atoms with E-state index < -0.39 is 22.0 Å². The van der Waals surface area contributed by atoms with Crippen molar-refractivity contribution in [3.63, 3.8) is 0 Å². The molecule has 0 aromatic rings. The highest BCUT2D eigenvalue weighted by molar-refractivity contribution is 7.86. The lowest BCUT2D eigenvalue weighted by Gasteiger charge is -2.11. The van der Waals surface area contributed by atoms with E-state index in [-0.39, 0.29) is 6.54 Å². The molecule has 0 N–H and O–H groups in total. The normalized spacial score (nSPS) is 27.6. The van der Waals surface area contributed by atoms with Crippen molar-refractivity contribution in [2.75, 3.05) is 12.3 Å². The van der Waals surface area contributed by atoms with Gasteiger partial charge in [0.05, 0.1) is 11.8 Å². The zero-order valence-corrected chi connectivity index (χ0v) is 6.65. The van der Waals surface area contributed by atoms with Gasteiger partial charge in [-0.2, -0.15) is 8.42 Å². The zero-order valence-electron chi connectivity index (χ0n) is 5.83. The standard InChI is InChI=1S/C5H9F2NO2S/c6-8-3-1-2-5(8)4-11(7,9)10/h5H,1-4H2. The fourth-order valence-corrected chi connectivity index (χ4v) is 1.98. The minimum atomic E-state index is -4.52. The lowest BCUT2D eigenvalue weighted by atomic mass is 10.3. The first kappa shape index (κ1) is 8.86. The molecule has 1 fully saturated rings. The molecule has 1 saturated heterocycles. The van der Waals surface area contributed by atoms with Gasteiger partial charge < -0.3 is 0 Å². The van der Waals surface area contributed by atoms with Gasteiger partial charge in [0.1, 0.15) is 0 Å². The molecule has 0 amide bonds. The van der Waals surface area contributed by atoms with Gasteiger partial charge in [-0.05, 0) is 12.8 Å². The highest BCUT2D eigenvalue weighted by Crippen LogP contribution is 2.18. The molecule has 1 heterocycles. The van der Waals surface area contributed by atoms with E-state index in [0.717, 1.165) is 0 Å². The van der Waals surface area contributed by atoms with Crippen molar-refractivity contribution in [1.82, 2.24) is 5.12 Å². The van der Waals surface area contributed by atoms with Gasteiger partial charge in [0.25, 0.3) is 0 Å². The first-order valence-corrected chi connectivity index (χ1v) is 4.89. The molecule has 0 saturated carbocycles. The lowest BCUT2D eigenvalue weighted by molar-refractivity contribution is 0.0194. The Morgan fingerprint density at radius 2 is 2.18 bits per heavy atom. The summed E-state index contributed by atoms with van der Waals surface area (Å²) in [5.74, 6) is -0.719. The molecule has 1 rings (SSSR count). The van der Waals surface area contributed by atoms with Crippen molar-refractivity contribution in [2.24, 2.45) is 0 Å². The molecule has 1 unspecified atom stereocenters. The van der Waals surface area contributed by atoms with E-state index in [1.807, 2.05) is 0 Å². The number of nitrogens with zero attached hydrogens (tertiary/aromatic N) is 1. The van der Waals surface area contributed by atoms with Crippen molar-refractivity contribution >= 4 is 10.2 Å². The SMILES string of the molecule is O=S(=O)(F)CC1CCCN1F. The van der Waals surface area contributed by atoms with Crippen LogP contribution in [0.2, 0.25) is 0 Å². The van der Waals surface area contributed by atoms with Gasteiger partial charge in [0.15, 0.2) is 0 Å². The van der Waals surface area contributed by atoms with E-state index in [2.05, 4.69) is 0 Å². The summed E-state index contributed by atoms with van der Waals surface area (Å²) in [6.45, 7) is 0.209. The molecule has 0 aromatic carbocycles. The van der Waals surface area contributed by atoms with Gasteiger partial charge in [-0.3, -0.25) is 0 Å². The summed E-state index contributed by atoms with van der Waals surface area (Å²) >= 11 is 0. The molecule has 0 aromatic heterocycles. The fourth-order valence-electron chi connectivity index (χ4n) is 1.19. The van der Waals surface area contributed by atoms with Crippen LogP contribution in [0.1, 0.15) is 12.8 Å². The van der Waals surface area contributed by atoms with Crippen molar-refractivity contribution in [3.05, 3.63) is 0 Å². The van der Waals surface area contributed by atoms with Crippen molar-refractivity contribution in [2.45, 2.75) is 18.9 Å². The van der Waals surface area contributed by atoms with Crippen molar-refractivity contribution in [3.8, 4) is 0 Å². The maximum atomic E-state index is 12.5. The molecule has 6 heteroatoms. The monoisotopic (exact) mass is 185 g/mol. The predicted molar refractivity (Wildman–Crippen MR) is 35.7 cm³/mol. The Morgan fingerprint density at radius 1 is 1.55 bits per heavy atom.